The SMILES string of the molecule is O=C1CCCCN1C[C@@H]1CNCCC[C@H]1c1ccc(Cl)c(F)c1. The number of hydrogen-bond donors (Lipinski definition) is 1. The van der Waals surface area contributed by atoms with Crippen LogP contribution in [0.3, 0.4) is 0 Å². The van der Waals surface area contributed by atoms with Crippen LogP contribution in [0.2, 0.25) is 5.02 Å². The molecule has 1 amide bonds. The molecule has 0 radical (unpaired) electrons. The van der Waals surface area contributed by atoms with Gasteiger partial charge in [0.15, 0.2) is 0 Å². The summed E-state index contributed by atoms with van der Waals surface area (Å²) in [5.41, 5.74) is 1.00. The summed E-state index contributed by atoms with van der Waals surface area (Å²) >= 11 is 5.82. The molecule has 0 saturated carbocycles. The van der Waals surface area contributed by atoms with Crippen molar-refractivity contribution in [2.45, 2.75) is 38.0 Å². The van der Waals surface area contributed by atoms with E-state index in [0.717, 1.165) is 57.4 Å². The van der Waals surface area contributed by atoms with Gasteiger partial charge in [0.25, 0.3) is 0 Å². The molecule has 0 aromatic heterocycles. The standard InChI is InChI=1S/C18H24ClFN2O/c19-16-7-6-13(10-17(16)20)15-4-3-8-21-11-14(15)12-22-9-2-1-5-18(22)23/h6-7,10,14-15,21H,1-5,8-9,11-12H2/t14-,15-/m0/s1. The number of piperidine rings is 1. The van der Waals surface area contributed by atoms with Crippen LogP contribution < -0.4 is 5.32 Å². The molecule has 1 N–H and O–H groups in total. The van der Waals surface area contributed by atoms with Crippen LogP contribution in [0.5, 0.6) is 0 Å². The average molecular weight is 339 g/mol. The molecule has 2 fully saturated rings. The summed E-state index contributed by atoms with van der Waals surface area (Å²) in [4.78, 5) is 14.1. The van der Waals surface area contributed by atoms with Crippen LogP contribution in [0, 0.1) is 11.7 Å². The zero-order chi connectivity index (χ0) is 16.2. The van der Waals surface area contributed by atoms with Gasteiger partial charge in [0.1, 0.15) is 5.82 Å². The lowest BCUT2D eigenvalue weighted by molar-refractivity contribution is -0.134. The van der Waals surface area contributed by atoms with E-state index in [1.54, 1.807) is 12.1 Å². The van der Waals surface area contributed by atoms with Crippen LogP contribution >= 0.6 is 11.6 Å². The molecular weight excluding hydrogens is 315 g/mol. The van der Waals surface area contributed by atoms with Gasteiger partial charge in [-0.15, -0.1) is 0 Å². The second-order valence-corrected chi connectivity index (χ2v) is 7.09. The van der Waals surface area contributed by atoms with E-state index >= 15 is 0 Å². The molecule has 0 bridgehead atoms. The molecule has 3 rings (SSSR count). The number of rotatable bonds is 3. The fourth-order valence-corrected chi connectivity index (χ4v) is 3.94. The first-order valence-electron chi connectivity index (χ1n) is 8.58. The molecule has 0 spiro atoms. The smallest absolute Gasteiger partial charge is 0.222 e. The Morgan fingerprint density at radius 1 is 1.30 bits per heavy atom. The van der Waals surface area contributed by atoms with Gasteiger partial charge in [0.2, 0.25) is 5.91 Å². The molecule has 0 unspecified atom stereocenters. The fourth-order valence-electron chi connectivity index (χ4n) is 3.82. The number of benzene rings is 1. The topological polar surface area (TPSA) is 32.3 Å². The monoisotopic (exact) mass is 338 g/mol. The van der Waals surface area contributed by atoms with E-state index in [2.05, 4.69) is 5.32 Å². The number of nitrogens with one attached hydrogen (secondary N) is 1. The molecule has 3 nitrogen and oxygen atoms in total. The first-order chi connectivity index (χ1) is 11.1. The van der Waals surface area contributed by atoms with Gasteiger partial charge in [-0.1, -0.05) is 17.7 Å². The van der Waals surface area contributed by atoms with Crippen LogP contribution in [0.1, 0.15) is 43.6 Å². The van der Waals surface area contributed by atoms with Crippen LogP contribution in [0.4, 0.5) is 4.39 Å². The Morgan fingerprint density at radius 3 is 2.96 bits per heavy atom. The van der Waals surface area contributed by atoms with E-state index in [-0.39, 0.29) is 22.7 Å². The highest BCUT2D eigenvalue weighted by Gasteiger charge is 2.29. The number of amides is 1. The van der Waals surface area contributed by atoms with Crippen molar-refractivity contribution in [1.82, 2.24) is 10.2 Å². The third-order valence-electron chi connectivity index (χ3n) is 5.09. The summed E-state index contributed by atoms with van der Waals surface area (Å²) in [6.07, 6.45) is 4.84. The maximum atomic E-state index is 13.9. The normalized spacial score (nSPS) is 26.2. The van der Waals surface area contributed by atoms with E-state index in [0.29, 0.717) is 12.3 Å². The number of carbonyl (C=O) groups excluding carboxylic acids is 1. The zero-order valence-corrected chi connectivity index (χ0v) is 14.1. The minimum absolute atomic E-state index is 0.170. The summed E-state index contributed by atoms with van der Waals surface area (Å²) in [5.74, 6) is 0.502. The predicted molar refractivity (Wildman–Crippen MR) is 90.2 cm³/mol. The second-order valence-electron chi connectivity index (χ2n) is 6.68. The Hall–Kier alpha value is -1.13. The minimum atomic E-state index is -0.353. The Balaban J connectivity index is 1.79. The molecule has 2 aliphatic rings. The molecule has 1 aromatic carbocycles. The van der Waals surface area contributed by atoms with E-state index < -0.39 is 0 Å². The molecule has 1 aromatic rings. The highest BCUT2D eigenvalue weighted by Crippen LogP contribution is 2.33. The lowest BCUT2D eigenvalue weighted by Crippen LogP contribution is -2.42. The fraction of sp³-hybridized carbons (Fsp3) is 0.611. The van der Waals surface area contributed by atoms with Crippen molar-refractivity contribution in [3.63, 3.8) is 0 Å². The summed E-state index contributed by atoms with van der Waals surface area (Å²) in [6, 6.07) is 5.16. The van der Waals surface area contributed by atoms with Gasteiger partial charge in [-0.2, -0.15) is 0 Å². The van der Waals surface area contributed by atoms with E-state index in [9.17, 15) is 9.18 Å². The highest BCUT2D eigenvalue weighted by atomic mass is 35.5. The van der Waals surface area contributed by atoms with Crippen molar-refractivity contribution in [2.24, 2.45) is 5.92 Å². The number of carbonyl (C=O) groups is 1. The second kappa shape index (κ2) is 7.63. The first kappa shape index (κ1) is 16.7. The quantitative estimate of drug-likeness (QED) is 0.913. The van der Waals surface area contributed by atoms with Crippen molar-refractivity contribution in [3.8, 4) is 0 Å². The Kier molecular flexibility index (Phi) is 5.54. The summed E-state index contributed by atoms with van der Waals surface area (Å²) in [6.45, 7) is 3.48. The molecule has 2 atom stereocenters. The molecule has 126 valence electrons. The number of likely N-dealkylation sites (tertiary alicyclic amines) is 1. The molecule has 2 heterocycles. The van der Waals surface area contributed by atoms with Crippen LogP contribution in [-0.4, -0.2) is 37.0 Å². The van der Waals surface area contributed by atoms with Gasteiger partial charge in [-0.25, -0.2) is 4.39 Å². The highest BCUT2D eigenvalue weighted by molar-refractivity contribution is 6.30. The number of nitrogens with zero attached hydrogens (tertiary/aromatic N) is 1. The van der Waals surface area contributed by atoms with Crippen molar-refractivity contribution in [2.75, 3.05) is 26.2 Å². The third-order valence-corrected chi connectivity index (χ3v) is 5.40. The lowest BCUT2D eigenvalue weighted by Gasteiger charge is -2.34. The molecule has 2 saturated heterocycles. The van der Waals surface area contributed by atoms with Gasteiger partial charge in [-0.3, -0.25) is 4.79 Å². The maximum absolute atomic E-state index is 13.9. The molecule has 23 heavy (non-hydrogen) atoms. The van der Waals surface area contributed by atoms with E-state index in [4.69, 9.17) is 11.6 Å². The minimum Gasteiger partial charge on any atom is -0.342 e. The van der Waals surface area contributed by atoms with Crippen LogP contribution in [0.15, 0.2) is 18.2 Å². The molecule has 2 aliphatic heterocycles. The Morgan fingerprint density at radius 2 is 2.17 bits per heavy atom. The van der Waals surface area contributed by atoms with Gasteiger partial charge in [0.05, 0.1) is 5.02 Å². The summed E-state index contributed by atoms with van der Waals surface area (Å²) < 4.78 is 13.9. The number of halogens is 2. The largest absolute Gasteiger partial charge is 0.342 e. The van der Waals surface area contributed by atoms with Crippen LogP contribution in [0.25, 0.3) is 0 Å². The lowest BCUT2D eigenvalue weighted by atomic mass is 9.82. The van der Waals surface area contributed by atoms with E-state index in [1.807, 2.05) is 11.0 Å². The molecular formula is C18H24ClFN2O. The zero-order valence-electron chi connectivity index (χ0n) is 13.4. The Bertz CT molecular complexity index is 566. The van der Waals surface area contributed by atoms with Crippen LogP contribution in [-0.2, 0) is 4.79 Å². The molecule has 0 aliphatic carbocycles. The van der Waals surface area contributed by atoms with Gasteiger partial charge >= 0.3 is 0 Å². The van der Waals surface area contributed by atoms with Crippen molar-refractivity contribution < 1.29 is 9.18 Å². The maximum Gasteiger partial charge on any atom is 0.222 e. The van der Waals surface area contributed by atoms with Crippen molar-refractivity contribution >= 4 is 17.5 Å². The Labute approximate surface area is 142 Å². The van der Waals surface area contributed by atoms with Gasteiger partial charge < -0.3 is 10.2 Å². The van der Waals surface area contributed by atoms with Crippen molar-refractivity contribution in [1.29, 1.82) is 0 Å². The van der Waals surface area contributed by atoms with E-state index in [1.165, 1.54) is 0 Å². The first-order valence-corrected chi connectivity index (χ1v) is 8.96. The summed E-state index contributed by atoms with van der Waals surface area (Å²) in [5, 5.41) is 3.64. The number of hydrogen-bond acceptors (Lipinski definition) is 2. The van der Waals surface area contributed by atoms with Gasteiger partial charge in [0, 0.05) is 26.1 Å². The molecule has 5 heteroatoms. The predicted octanol–water partition coefficient (Wildman–Crippen LogP) is 3.57. The van der Waals surface area contributed by atoms with Gasteiger partial charge in [-0.05, 0) is 61.8 Å². The van der Waals surface area contributed by atoms with Crippen molar-refractivity contribution in [3.05, 3.63) is 34.6 Å². The summed E-state index contributed by atoms with van der Waals surface area (Å²) in [7, 11) is 0. The third kappa shape index (κ3) is 4.04. The average Bonchev–Trinajstić information content (AvgIpc) is 2.78.